The topological polar surface area (TPSA) is 61.8 Å². The molecule has 2 aliphatic heterocycles. The molecule has 0 amide bonds. The number of hydrogen-bond donors (Lipinski definition) is 2. The number of nitrogens with one attached hydrogen (secondary N) is 2. The number of nitrogens with zero attached hydrogens (tertiary/aromatic N) is 4. The minimum absolute atomic E-state index is 0.0599. The van der Waals surface area contributed by atoms with Gasteiger partial charge in [-0.2, -0.15) is 0 Å². The van der Waals surface area contributed by atoms with Gasteiger partial charge in [0.15, 0.2) is 0 Å². The first-order valence-electron chi connectivity index (χ1n) is 10.8. The van der Waals surface area contributed by atoms with Crippen LogP contribution in [0.3, 0.4) is 0 Å². The lowest BCUT2D eigenvalue weighted by Crippen LogP contribution is -2.51. The summed E-state index contributed by atoms with van der Waals surface area (Å²) in [6.07, 6.45) is 5.95. The second kappa shape index (κ2) is 6.99. The molecular formula is C22H36N6. The number of H-pyrrole nitrogens is 1. The fourth-order valence-corrected chi connectivity index (χ4v) is 4.47. The average Bonchev–Trinajstić information content (AvgIpc) is 3.24. The van der Waals surface area contributed by atoms with Crippen LogP contribution in [0.25, 0.3) is 0 Å². The van der Waals surface area contributed by atoms with Crippen LogP contribution >= 0.6 is 0 Å². The van der Waals surface area contributed by atoms with E-state index in [-0.39, 0.29) is 10.8 Å². The molecule has 6 heteroatoms. The molecule has 0 radical (unpaired) electrons. The average molecular weight is 385 g/mol. The van der Waals surface area contributed by atoms with Crippen molar-refractivity contribution in [3.05, 3.63) is 34.9 Å². The van der Waals surface area contributed by atoms with Gasteiger partial charge in [-0.05, 0) is 6.42 Å². The van der Waals surface area contributed by atoms with Crippen LogP contribution in [-0.4, -0.2) is 37.1 Å². The Hall–Kier alpha value is -1.66. The van der Waals surface area contributed by atoms with E-state index in [1.165, 1.54) is 35.7 Å². The van der Waals surface area contributed by atoms with Crippen LogP contribution in [-0.2, 0) is 36.9 Å². The van der Waals surface area contributed by atoms with Gasteiger partial charge in [0.25, 0.3) is 0 Å². The van der Waals surface area contributed by atoms with Crippen molar-refractivity contribution >= 4 is 0 Å². The van der Waals surface area contributed by atoms with Crippen LogP contribution in [0.2, 0.25) is 0 Å². The van der Waals surface area contributed by atoms with E-state index in [0.717, 1.165) is 38.4 Å². The van der Waals surface area contributed by atoms with E-state index in [0.29, 0.717) is 6.17 Å². The number of aromatic nitrogens is 4. The Bertz CT molecular complexity index is 838. The van der Waals surface area contributed by atoms with Crippen molar-refractivity contribution in [1.82, 2.24) is 29.7 Å². The highest BCUT2D eigenvalue weighted by Crippen LogP contribution is 2.30. The van der Waals surface area contributed by atoms with E-state index >= 15 is 0 Å². The third kappa shape index (κ3) is 3.64. The predicted molar refractivity (Wildman–Crippen MR) is 112 cm³/mol. The fourth-order valence-electron chi connectivity index (χ4n) is 4.47. The molecule has 0 fully saturated rings. The Balaban J connectivity index is 1.48. The molecule has 0 saturated carbocycles. The van der Waals surface area contributed by atoms with E-state index in [4.69, 9.17) is 9.97 Å². The van der Waals surface area contributed by atoms with Crippen LogP contribution in [0.15, 0.2) is 6.20 Å². The van der Waals surface area contributed by atoms with Crippen molar-refractivity contribution in [2.75, 3.05) is 6.54 Å². The zero-order valence-corrected chi connectivity index (χ0v) is 18.4. The van der Waals surface area contributed by atoms with Crippen LogP contribution in [0, 0.1) is 0 Å². The number of hydrogen-bond acceptors (Lipinski definition) is 4. The molecule has 154 valence electrons. The summed E-state index contributed by atoms with van der Waals surface area (Å²) in [5.41, 5.74) is 3.94. The van der Waals surface area contributed by atoms with Gasteiger partial charge >= 0.3 is 0 Å². The SMILES string of the molecule is CCCC(C)(C)c1cn2c(n1)CN(C1Cc3nc(C(C)(C)C)[nH]c3CN1)CC2. The molecule has 0 saturated heterocycles. The Kier molecular flexibility index (Phi) is 4.91. The summed E-state index contributed by atoms with van der Waals surface area (Å²) in [6, 6.07) is 0. The molecule has 2 aromatic rings. The lowest BCUT2D eigenvalue weighted by Gasteiger charge is -2.36. The summed E-state index contributed by atoms with van der Waals surface area (Å²) in [6.45, 7) is 17.4. The highest BCUT2D eigenvalue weighted by atomic mass is 15.3. The molecule has 0 aromatic carbocycles. The van der Waals surface area contributed by atoms with Gasteiger partial charge in [0.2, 0.25) is 0 Å². The molecular weight excluding hydrogens is 348 g/mol. The van der Waals surface area contributed by atoms with Gasteiger partial charge in [0.05, 0.1) is 29.8 Å². The minimum atomic E-state index is 0.0599. The summed E-state index contributed by atoms with van der Waals surface area (Å²) in [7, 11) is 0. The molecule has 2 aliphatic rings. The Labute approximate surface area is 169 Å². The predicted octanol–water partition coefficient (Wildman–Crippen LogP) is 3.47. The van der Waals surface area contributed by atoms with Crippen LogP contribution in [0.4, 0.5) is 0 Å². The highest BCUT2D eigenvalue weighted by Gasteiger charge is 2.32. The smallest absolute Gasteiger partial charge is 0.123 e. The number of fused-ring (bicyclic) bond motifs is 2. The Morgan fingerprint density at radius 2 is 1.93 bits per heavy atom. The number of rotatable bonds is 4. The minimum Gasteiger partial charge on any atom is -0.344 e. The maximum Gasteiger partial charge on any atom is 0.123 e. The summed E-state index contributed by atoms with van der Waals surface area (Å²) in [5.74, 6) is 2.30. The van der Waals surface area contributed by atoms with Gasteiger partial charge in [-0.15, -0.1) is 0 Å². The lowest BCUT2D eigenvalue weighted by atomic mass is 9.85. The molecule has 0 aliphatic carbocycles. The maximum atomic E-state index is 5.04. The van der Waals surface area contributed by atoms with Crippen LogP contribution < -0.4 is 5.32 Å². The van der Waals surface area contributed by atoms with Gasteiger partial charge in [0, 0.05) is 43.1 Å². The first-order valence-corrected chi connectivity index (χ1v) is 10.8. The molecule has 1 unspecified atom stereocenters. The normalized spacial score (nSPS) is 20.9. The summed E-state index contributed by atoms with van der Waals surface area (Å²) < 4.78 is 2.36. The summed E-state index contributed by atoms with van der Waals surface area (Å²) in [4.78, 5) is 16.0. The third-order valence-electron chi connectivity index (χ3n) is 6.32. The van der Waals surface area contributed by atoms with E-state index in [9.17, 15) is 0 Å². The zero-order valence-electron chi connectivity index (χ0n) is 18.4. The van der Waals surface area contributed by atoms with Crippen molar-refractivity contribution in [2.24, 2.45) is 0 Å². The Morgan fingerprint density at radius 3 is 2.64 bits per heavy atom. The molecule has 2 N–H and O–H groups in total. The third-order valence-corrected chi connectivity index (χ3v) is 6.32. The fraction of sp³-hybridized carbons (Fsp3) is 0.727. The largest absolute Gasteiger partial charge is 0.344 e. The quantitative estimate of drug-likeness (QED) is 0.847. The van der Waals surface area contributed by atoms with Crippen molar-refractivity contribution in [3.8, 4) is 0 Å². The van der Waals surface area contributed by atoms with Crippen molar-refractivity contribution in [1.29, 1.82) is 0 Å². The van der Waals surface area contributed by atoms with Crippen molar-refractivity contribution in [2.45, 2.75) is 97.4 Å². The van der Waals surface area contributed by atoms with E-state index in [1.54, 1.807) is 0 Å². The van der Waals surface area contributed by atoms with E-state index < -0.39 is 0 Å². The molecule has 6 nitrogen and oxygen atoms in total. The van der Waals surface area contributed by atoms with Gasteiger partial charge in [0.1, 0.15) is 11.6 Å². The monoisotopic (exact) mass is 384 g/mol. The molecule has 2 aromatic heterocycles. The molecule has 0 bridgehead atoms. The zero-order chi connectivity index (χ0) is 20.1. The van der Waals surface area contributed by atoms with E-state index in [1.807, 2.05) is 0 Å². The molecule has 0 spiro atoms. The molecule has 1 atom stereocenters. The van der Waals surface area contributed by atoms with Gasteiger partial charge in [-0.1, -0.05) is 48.0 Å². The molecule has 4 rings (SSSR count). The van der Waals surface area contributed by atoms with Gasteiger partial charge in [-0.3, -0.25) is 10.2 Å². The maximum absolute atomic E-state index is 5.04. The number of aromatic amines is 1. The van der Waals surface area contributed by atoms with Crippen LogP contribution in [0.5, 0.6) is 0 Å². The number of imidazole rings is 2. The summed E-state index contributed by atoms with van der Waals surface area (Å²) >= 11 is 0. The van der Waals surface area contributed by atoms with E-state index in [2.05, 4.69) is 67.5 Å². The standard InChI is InChI=1S/C22H36N6/c1-7-8-22(5,6)17-13-27-9-10-28(14-19(27)26-17)18-11-15-16(12-23-18)25-20(24-15)21(2,3)4/h13,18,23H,7-12,14H2,1-6H3,(H,24,25). The van der Waals surface area contributed by atoms with Gasteiger partial charge in [-0.25, -0.2) is 9.97 Å². The lowest BCUT2D eigenvalue weighted by molar-refractivity contribution is 0.118. The first kappa shape index (κ1) is 19.6. The van der Waals surface area contributed by atoms with Crippen molar-refractivity contribution < 1.29 is 0 Å². The molecule has 4 heterocycles. The second-order valence-corrected chi connectivity index (χ2v) is 10.2. The first-order chi connectivity index (χ1) is 13.2. The summed E-state index contributed by atoms with van der Waals surface area (Å²) in [5, 5.41) is 3.72. The van der Waals surface area contributed by atoms with Crippen LogP contribution in [0.1, 0.15) is 83.1 Å². The highest BCUT2D eigenvalue weighted by molar-refractivity contribution is 5.22. The Morgan fingerprint density at radius 1 is 1.14 bits per heavy atom. The van der Waals surface area contributed by atoms with Crippen molar-refractivity contribution in [3.63, 3.8) is 0 Å². The molecule has 28 heavy (non-hydrogen) atoms. The van der Waals surface area contributed by atoms with Gasteiger partial charge < -0.3 is 9.55 Å². The second-order valence-electron chi connectivity index (χ2n) is 10.2.